The van der Waals surface area contributed by atoms with Crippen molar-refractivity contribution >= 4 is 24.0 Å². The first kappa shape index (κ1) is 32.6. The predicted octanol–water partition coefficient (Wildman–Crippen LogP) is 5.97. The molecule has 1 N–H and O–H groups in total. The average Bonchev–Trinajstić information content (AvgIpc) is 2.93. The summed E-state index contributed by atoms with van der Waals surface area (Å²) in [5.41, 5.74) is 0.580. The van der Waals surface area contributed by atoms with Crippen molar-refractivity contribution in [2.24, 2.45) is 16.7 Å². The number of hydrogen-bond acceptors (Lipinski definition) is 8. The number of amides is 1. The summed E-state index contributed by atoms with van der Waals surface area (Å²) in [7, 11) is 0. The molecule has 4 atom stereocenters. The molecule has 228 valence electrons. The Morgan fingerprint density at radius 2 is 1.29 bits per heavy atom. The van der Waals surface area contributed by atoms with Crippen molar-refractivity contribution in [3.05, 3.63) is 71.8 Å². The van der Waals surface area contributed by atoms with Crippen LogP contribution in [0.2, 0.25) is 0 Å². The van der Waals surface area contributed by atoms with Crippen molar-refractivity contribution in [1.82, 2.24) is 5.32 Å². The summed E-state index contributed by atoms with van der Waals surface area (Å²) in [4.78, 5) is 49.5. The minimum absolute atomic E-state index is 0.0166. The molecule has 0 radical (unpaired) electrons. The van der Waals surface area contributed by atoms with Crippen LogP contribution < -0.4 is 5.32 Å². The molecule has 9 heteroatoms. The third-order valence-electron chi connectivity index (χ3n) is 7.21. The summed E-state index contributed by atoms with van der Waals surface area (Å²) in [6, 6.07) is 17.3. The topological polar surface area (TPSA) is 117 Å². The lowest BCUT2D eigenvalue weighted by atomic mass is 9.60. The third-order valence-corrected chi connectivity index (χ3v) is 7.21. The van der Waals surface area contributed by atoms with Gasteiger partial charge in [-0.15, -0.1) is 0 Å². The summed E-state index contributed by atoms with van der Waals surface area (Å²) in [5, 5.41) is 2.85. The molecule has 0 spiro atoms. The Morgan fingerprint density at radius 1 is 0.786 bits per heavy atom. The van der Waals surface area contributed by atoms with Gasteiger partial charge in [0.05, 0.1) is 11.1 Å². The van der Waals surface area contributed by atoms with Gasteiger partial charge in [-0.25, -0.2) is 14.4 Å². The smallest absolute Gasteiger partial charge is 0.407 e. The summed E-state index contributed by atoms with van der Waals surface area (Å²) in [6.07, 6.45) is 0.927. The van der Waals surface area contributed by atoms with Gasteiger partial charge in [-0.05, 0) is 74.1 Å². The fraction of sp³-hybridized carbons (Fsp3) is 0.515. The van der Waals surface area contributed by atoms with Gasteiger partial charge in [0.2, 0.25) is 0 Å². The maximum absolute atomic E-state index is 12.7. The van der Waals surface area contributed by atoms with Crippen LogP contribution in [-0.2, 0) is 23.7 Å². The van der Waals surface area contributed by atoms with Crippen molar-refractivity contribution < 1.29 is 38.1 Å². The van der Waals surface area contributed by atoms with E-state index in [1.165, 1.54) is 0 Å². The quantitative estimate of drug-likeness (QED) is 0.241. The molecular weight excluding hydrogens is 538 g/mol. The Hall–Kier alpha value is -3.88. The second kappa shape index (κ2) is 14.8. The lowest BCUT2D eigenvalue weighted by Gasteiger charge is -2.46. The molecule has 0 bridgehead atoms. The van der Waals surface area contributed by atoms with Crippen LogP contribution in [0.25, 0.3) is 0 Å². The molecule has 4 unspecified atom stereocenters. The Morgan fingerprint density at radius 3 is 1.81 bits per heavy atom. The molecule has 9 nitrogen and oxygen atoms in total. The van der Waals surface area contributed by atoms with Crippen LogP contribution in [-0.4, -0.2) is 56.0 Å². The van der Waals surface area contributed by atoms with E-state index in [2.05, 4.69) is 26.1 Å². The highest BCUT2D eigenvalue weighted by atomic mass is 16.6. The molecule has 1 aliphatic carbocycles. The highest BCUT2D eigenvalue weighted by molar-refractivity contribution is 5.89. The van der Waals surface area contributed by atoms with Gasteiger partial charge < -0.3 is 24.3 Å². The first-order chi connectivity index (χ1) is 19.8. The summed E-state index contributed by atoms with van der Waals surface area (Å²) < 4.78 is 21.5. The zero-order valence-corrected chi connectivity index (χ0v) is 25.2. The number of rotatable bonds is 12. The highest BCUT2D eigenvalue weighted by Gasteiger charge is 2.42. The Labute approximate surface area is 248 Å². The van der Waals surface area contributed by atoms with E-state index in [1.807, 2.05) is 12.1 Å². The number of alkyl carbamates (subject to hydrolysis) is 1. The number of benzene rings is 2. The minimum atomic E-state index is -0.604. The van der Waals surface area contributed by atoms with Crippen LogP contribution in [0.1, 0.15) is 81.0 Å². The van der Waals surface area contributed by atoms with Gasteiger partial charge in [-0.1, -0.05) is 57.2 Å². The van der Waals surface area contributed by atoms with E-state index in [-0.39, 0.29) is 42.4 Å². The number of esters is 3. The highest BCUT2D eigenvalue weighted by Crippen LogP contribution is 2.49. The Kier molecular flexibility index (Phi) is 11.5. The molecule has 0 heterocycles. The van der Waals surface area contributed by atoms with Crippen molar-refractivity contribution in [2.45, 2.75) is 72.5 Å². The fourth-order valence-corrected chi connectivity index (χ4v) is 5.88. The molecule has 42 heavy (non-hydrogen) atoms. The molecular formula is C33H43NO8. The molecule has 1 fully saturated rings. The van der Waals surface area contributed by atoms with Crippen LogP contribution in [0.5, 0.6) is 0 Å². The van der Waals surface area contributed by atoms with Gasteiger partial charge in [-0.2, -0.15) is 0 Å². The number of carbonyl (C=O) groups is 4. The van der Waals surface area contributed by atoms with Crippen LogP contribution in [0.3, 0.4) is 0 Å². The third kappa shape index (κ3) is 10.8. The van der Waals surface area contributed by atoms with E-state index in [4.69, 9.17) is 18.9 Å². The van der Waals surface area contributed by atoms with Gasteiger partial charge in [0.1, 0.15) is 25.4 Å². The minimum Gasteiger partial charge on any atom is -0.462 e. The van der Waals surface area contributed by atoms with Crippen LogP contribution in [0, 0.1) is 16.7 Å². The number of hydrogen-bond donors (Lipinski definition) is 1. The summed E-state index contributed by atoms with van der Waals surface area (Å²) in [6.45, 7) is 10.1. The normalized spacial score (nSPS) is 20.8. The van der Waals surface area contributed by atoms with E-state index in [9.17, 15) is 19.2 Å². The van der Waals surface area contributed by atoms with Crippen molar-refractivity contribution in [2.75, 3.05) is 19.8 Å². The maximum atomic E-state index is 12.7. The average molecular weight is 582 g/mol. The molecule has 1 amide bonds. The van der Waals surface area contributed by atoms with E-state index in [1.54, 1.807) is 62.4 Å². The van der Waals surface area contributed by atoms with Crippen LogP contribution >= 0.6 is 0 Å². The first-order valence-electron chi connectivity index (χ1n) is 14.4. The SMILES string of the molecule is CC(COC(=O)CC1CC(C)(C)CC(C)(CNC(=O)OCC(C)OC(=O)c2ccccc2)C1)OC(=O)c1ccccc1. The summed E-state index contributed by atoms with van der Waals surface area (Å²) in [5.74, 6) is -1.20. The Bertz CT molecular complexity index is 1200. The Balaban J connectivity index is 1.41. The lowest BCUT2D eigenvalue weighted by molar-refractivity contribution is -0.148. The van der Waals surface area contributed by atoms with Crippen molar-refractivity contribution in [1.29, 1.82) is 0 Å². The standard InChI is InChI=1S/C33H43NO8/c1-23(41-29(36)26-12-8-6-9-13-26)19-39-28(35)16-25-17-32(3,4)21-33(5,18-25)22-34-31(38)40-20-24(2)42-30(37)27-14-10-7-11-15-27/h6-15,23-25H,16-22H2,1-5H3,(H,34,38). The van der Waals surface area contributed by atoms with Crippen molar-refractivity contribution in [3.8, 4) is 0 Å². The maximum Gasteiger partial charge on any atom is 0.407 e. The molecule has 3 rings (SSSR count). The fourth-order valence-electron chi connectivity index (χ4n) is 5.88. The zero-order valence-electron chi connectivity index (χ0n) is 25.2. The molecule has 0 aliphatic heterocycles. The zero-order chi connectivity index (χ0) is 30.8. The molecule has 0 aromatic heterocycles. The van der Waals surface area contributed by atoms with Gasteiger partial charge in [-0.3, -0.25) is 4.79 Å². The molecule has 1 saturated carbocycles. The number of carbonyl (C=O) groups excluding carboxylic acids is 4. The predicted molar refractivity (Wildman–Crippen MR) is 157 cm³/mol. The molecule has 2 aromatic carbocycles. The number of ether oxygens (including phenoxy) is 4. The first-order valence-corrected chi connectivity index (χ1v) is 14.4. The molecule has 1 aliphatic rings. The van der Waals surface area contributed by atoms with E-state index >= 15 is 0 Å². The van der Waals surface area contributed by atoms with E-state index in [0.717, 1.165) is 19.3 Å². The van der Waals surface area contributed by atoms with E-state index < -0.39 is 30.2 Å². The lowest BCUT2D eigenvalue weighted by Crippen LogP contribution is -2.44. The molecule has 2 aromatic rings. The van der Waals surface area contributed by atoms with Gasteiger partial charge >= 0.3 is 24.0 Å². The van der Waals surface area contributed by atoms with Gasteiger partial charge in [0, 0.05) is 13.0 Å². The molecule has 0 saturated heterocycles. The monoisotopic (exact) mass is 581 g/mol. The van der Waals surface area contributed by atoms with Gasteiger partial charge in [0.15, 0.2) is 0 Å². The summed E-state index contributed by atoms with van der Waals surface area (Å²) >= 11 is 0. The van der Waals surface area contributed by atoms with Gasteiger partial charge in [0.25, 0.3) is 0 Å². The van der Waals surface area contributed by atoms with E-state index in [0.29, 0.717) is 17.7 Å². The van der Waals surface area contributed by atoms with Crippen molar-refractivity contribution in [3.63, 3.8) is 0 Å². The van der Waals surface area contributed by atoms with Crippen LogP contribution in [0.15, 0.2) is 60.7 Å². The van der Waals surface area contributed by atoms with Crippen LogP contribution in [0.4, 0.5) is 4.79 Å². The largest absolute Gasteiger partial charge is 0.462 e. The second-order valence-electron chi connectivity index (χ2n) is 12.4. The number of nitrogens with one attached hydrogen (secondary N) is 1. The second-order valence-corrected chi connectivity index (χ2v) is 12.4.